The maximum absolute atomic E-state index is 13.4. The number of hydrogen-bond acceptors (Lipinski definition) is 14. The monoisotopic (exact) mass is 1240 g/mol. The molecule has 1 aliphatic rings. The number of amides is 3. The van der Waals surface area contributed by atoms with Crippen LogP contribution in [0.4, 0.5) is 10.5 Å². The van der Waals surface area contributed by atoms with Crippen molar-refractivity contribution in [3.63, 3.8) is 0 Å². The number of carboxylic acid groups (broad SMARTS) is 4. The number of carbonyl (C=O) groups is 7. The zero-order valence-electron chi connectivity index (χ0n) is 43.7. The number of likely N-dealkylation sites (N-methyl/N-ethyl adjacent to an activating group) is 2. The molecule has 9 N–H and O–H groups in total. The van der Waals surface area contributed by atoms with E-state index in [1.54, 1.807) is 0 Å². The smallest absolute Gasteiger partial charge is 0.373 e. The number of ketones is 1. The van der Waals surface area contributed by atoms with Gasteiger partial charge in [-0.25, -0.2) is 9.59 Å². The predicted octanol–water partition coefficient (Wildman–Crippen LogP) is 3.01. The fraction of sp³-hybridized carbons (Fsp3) is 0.596. The maximum Gasteiger partial charge on any atom is 0.373 e. The van der Waals surface area contributed by atoms with Crippen molar-refractivity contribution in [2.24, 2.45) is 5.92 Å². The summed E-state index contributed by atoms with van der Waals surface area (Å²) in [5.41, 5.74) is 2.76. The number of carbonyl (C=O) groups excluding carboxylic acids is 5. The molecule has 22 nitrogen and oxygen atoms in total. The van der Waals surface area contributed by atoms with E-state index < -0.39 is 41.9 Å². The standard InChI is InChI=1S/C51H79N9O11S.CO2.Lu/c1-3-57-26-28-58(4-2)35-42(60(37-47(66)67)31-30-59(29-27-57)36-46(64)65)33-39-19-21-41(22-20-39)55-51(72)54-24-11-6-9-16-43(61)34-40(32-38-14-7-5-8-15-38)48(68)52-23-12-10-17-44(49(69)70)56-50(71)53-25-13-18-45(62)63;2-1-3;/h5,7-8,14-15,19-22,40,42,44H,3-4,6,9-13,16-18,23-37H2,1-2H3,(H,52,68)(H,62,63)(H,64,65)(H,66,67)(H,69,70)(H2,53,56,71)(H2,54,55,72);;/t40-,42?,44+;;/m1../s1. The normalized spacial score (nSPS) is 15.5. The second-order valence-corrected chi connectivity index (χ2v) is 18.8. The van der Waals surface area contributed by atoms with E-state index in [1.165, 1.54) is 0 Å². The van der Waals surface area contributed by atoms with E-state index in [-0.39, 0.29) is 113 Å². The van der Waals surface area contributed by atoms with Crippen molar-refractivity contribution in [1.82, 2.24) is 40.9 Å². The molecule has 1 fully saturated rings. The molecule has 431 valence electrons. The summed E-state index contributed by atoms with van der Waals surface area (Å²) < 4.78 is 0. The summed E-state index contributed by atoms with van der Waals surface area (Å²) in [6.07, 6.45) is 4.94. The minimum absolute atomic E-state index is 0. The molecule has 2 aromatic carbocycles. The van der Waals surface area contributed by atoms with Gasteiger partial charge in [0.15, 0.2) is 5.11 Å². The van der Waals surface area contributed by atoms with Crippen LogP contribution in [0.5, 0.6) is 0 Å². The number of urea groups is 1. The summed E-state index contributed by atoms with van der Waals surface area (Å²) in [5, 5.41) is 52.4. The quantitative estimate of drug-likeness (QED) is 0.0387. The van der Waals surface area contributed by atoms with Gasteiger partial charge in [-0.15, -0.1) is 0 Å². The second kappa shape index (κ2) is 41.0. The van der Waals surface area contributed by atoms with Gasteiger partial charge >= 0.3 is 36.1 Å². The first-order chi connectivity index (χ1) is 36.0. The molecule has 3 rings (SSSR count). The molecule has 0 saturated carbocycles. The topological polar surface area (TPSA) is 308 Å². The van der Waals surface area contributed by atoms with Crippen LogP contribution in [0.3, 0.4) is 0 Å². The molecule has 1 heterocycles. The molecule has 1 saturated heterocycles. The zero-order valence-corrected chi connectivity index (χ0v) is 46.2. The average Bonchev–Trinajstić information content (AvgIpc) is 3.36. The molecule has 3 amide bonds. The molecule has 0 bridgehead atoms. The molecule has 24 heteroatoms. The molecule has 0 spiro atoms. The first kappa shape index (κ1) is 68.9. The third kappa shape index (κ3) is 31.8. The van der Waals surface area contributed by atoms with Crippen LogP contribution in [0, 0.1) is 42.8 Å². The Labute approximate surface area is 480 Å². The third-order valence-corrected chi connectivity index (χ3v) is 12.9. The largest absolute Gasteiger partial charge is 0.481 e. The van der Waals surface area contributed by atoms with Crippen molar-refractivity contribution in [3.8, 4) is 0 Å². The Balaban J connectivity index is 0.00000704. The average molecular weight is 1250 g/mol. The van der Waals surface area contributed by atoms with Crippen molar-refractivity contribution in [3.05, 3.63) is 65.7 Å². The number of aliphatic carboxylic acids is 4. The number of thiocarbonyl (C=S) groups is 1. The molecule has 2 aromatic rings. The van der Waals surface area contributed by atoms with Crippen LogP contribution >= 0.6 is 12.2 Å². The number of benzene rings is 2. The SMILES string of the molecule is CCN1CCN(CC(=O)O)CCN(CC(=O)O)C(Cc2ccc(NC(=S)NCCCCCC(=O)C[C@@H](Cc3ccccc3)C(=O)NCCCC[C@H](NC(=O)NCCCC(=O)O)C(=O)O)cc2)CN(CC)CC1.O=C=O.[Lu]. The summed E-state index contributed by atoms with van der Waals surface area (Å²) in [4.78, 5) is 110. The molecule has 0 aliphatic carbocycles. The van der Waals surface area contributed by atoms with E-state index >= 15 is 0 Å². The van der Waals surface area contributed by atoms with Crippen molar-refractivity contribution in [2.75, 3.05) is 96.9 Å². The number of carboxylic acids is 4. The number of hydrogen-bond donors (Lipinski definition) is 9. The molecule has 0 aromatic heterocycles. The Morgan fingerprint density at radius 3 is 1.87 bits per heavy atom. The fourth-order valence-corrected chi connectivity index (χ4v) is 8.76. The van der Waals surface area contributed by atoms with Gasteiger partial charge in [-0.1, -0.05) is 62.7 Å². The van der Waals surface area contributed by atoms with Crippen LogP contribution in [0.1, 0.15) is 89.2 Å². The fourth-order valence-electron chi connectivity index (χ4n) is 8.54. The van der Waals surface area contributed by atoms with Gasteiger partial charge in [0.25, 0.3) is 0 Å². The van der Waals surface area contributed by atoms with Crippen LogP contribution in [0.25, 0.3) is 0 Å². The van der Waals surface area contributed by atoms with Crippen molar-refractivity contribution >= 4 is 70.8 Å². The summed E-state index contributed by atoms with van der Waals surface area (Å²) in [6.45, 7) is 11.1. The summed E-state index contributed by atoms with van der Waals surface area (Å²) in [7, 11) is 0. The van der Waals surface area contributed by atoms with Gasteiger partial charge in [0, 0.05) is 139 Å². The molecule has 1 aliphatic heterocycles. The van der Waals surface area contributed by atoms with E-state index in [9.17, 15) is 48.9 Å². The zero-order chi connectivity index (χ0) is 55.4. The first-order valence-electron chi connectivity index (χ1n) is 25.8. The van der Waals surface area contributed by atoms with Crippen molar-refractivity contribution in [2.45, 2.75) is 103 Å². The van der Waals surface area contributed by atoms with E-state index in [0.717, 1.165) is 62.4 Å². The summed E-state index contributed by atoms with van der Waals surface area (Å²) in [6, 6.07) is 15.4. The number of nitrogens with zero attached hydrogens (tertiary/aromatic N) is 4. The van der Waals surface area contributed by atoms with Crippen LogP contribution in [-0.2, 0) is 51.2 Å². The van der Waals surface area contributed by atoms with Gasteiger partial charge in [0.2, 0.25) is 5.91 Å². The Kier molecular flexibility index (Phi) is 37.2. The summed E-state index contributed by atoms with van der Waals surface area (Å²) >= 11 is 5.57. The van der Waals surface area contributed by atoms with Gasteiger partial charge in [0.05, 0.1) is 13.1 Å². The number of anilines is 1. The van der Waals surface area contributed by atoms with Crippen molar-refractivity contribution in [1.29, 1.82) is 0 Å². The Morgan fingerprint density at radius 2 is 1.25 bits per heavy atom. The molecule has 3 atom stereocenters. The van der Waals surface area contributed by atoms with Gasteiger partial charge in [-0.3, -0.25) is 33.8 Å². The number of Topliss-reactive ketones (excluding diaryl/α,β-unsaturated/α-hetero) is 1. The molecule has 1 unspecified atom stereocenters. The second-order valence-electron chi connectivity index (χ2n) is 18.4. The van der Waals surface area contributed by atoms with E-state index in [4.69, 9.17) is 26.9 Å². The molecule has 76 heavy (non-hydrogen) atoms. The molecular weight excluding hydrogens is 1170 g/mol. The van der Waals surface area contributed by atoms with Gasteiger partial charge < -0.3 is 56.8 Å². The molecular formula is C52H79LuN9O13S. The van der Waals surface area contributed by atoms with Crippen molar-refractivity contribution < 1.29 is 100 Å². The van der Waals surface area contributed by atoms with Crippen LogP contribution in [0.2, 0.25) is 0 Å². The van der Waals surface area contributed by atoms with Crippen LogP contribution in [0.15, 0.2) is 54.6 Å². The van der Waals surface area contributed by atoms with E-state index in [2.05, 4.69) is 50.2 Å². The van der Waals surface area contributed by atoms with Gasteiger partial charge in [-0.05, 0) is 99.9 Å². The van der Waals surface area contributed by atoms with E-state index in [1.807, 2.05) is 64.4 Å². The van der Waals surface area contributed by atoms with Gasteiger partial charge in [-0.2, -0.15) is 9.59 Å². The Hall–Kier alpha value is -5.13. The number of unbranched alkanes of at least 4 members (excludes halogenated alkanes) is 3. The van der Waals surface area contributed by atoms with Gasteiger partial charge in [0.1, 0.15) is 11.8 Å². The number of nitrogens with one attached hydrogen (secondary N) is 5. The predicted molar refractivity (Wildman–Crippen MR) is 284 cm³/mol. The molecule has 1 radical (unpaired) electrons. The minimum atomic E-state index is -1.20. The maximum atomic E-state index is 13.4. The first-order valence-corrected chi connectivity index (χ1v) is 26.2. The minimum Gasteiger partial charge on any atom is -0.481 e. The van der Waals surface area contributed by atoms with Crippen LogP contribution in [-0.4, -0.2) is 197 Å². The Bertz CT molecular complexity index is 2110. The number of rotatable bonds is 31. The summed E-state index contributed by atoms with van der Waals surface area (Å²) in [5.74, 6) is -4.87. The third-order valence-electron chi connectivity index (χ3n) is 12.7. The van der Waals surface area contributed by atoms with E-state index in [0.29, 0.717) is 76.4 Å². The van der Waals surface area contributed by atoms with Crippen LogP contribution < -0.4 is 26.6 Å². The Morgan fingerprint density at radius 1 is 0.658 bits per heavy atom.